The molecule has 0 aliphatic heterocycles. The molecule has 1 aromatic rings. The largest absolute Gasteiger partial charge is 0.492 e. The average molecular weight is 324 g/mol. The summed E-state index contributed by atoms with van der Waals surface area (Å²) in [5, 5.41) is 18.0. The molecule has 0 amide bonds. The van der Waals surface area contributed by atoms with Crippen molar-refractivity contribution >= 4 is 21.9 Å². The first kappa shape index (κ1) is 13.9. The molecular formula is C14H14BrNO3. The molecule has 5 heteroatoms. The summed E-state index contributed by atoms with van der Waals surface area (Å²) in [6, 6.07) is 5.53. The molecule has 100 valence electrons. The lowest BCUT2D eigenvalue weighted by Gasteiger charge is -2.16. The monoisotopic (exact) mass is 323 g/mol. The summed E-state index contributed by atoms with van der Waals surface area (Å²) in [6.07, 6.45) is 2.40. The molecule has 1 aromatic carbocycles. The van der Waals surface area contributed by atoms with Crippen molar-refractivity contribution in [2.24, 2.45) is 5.41 Å². The van der Waals surface area contributed by atoms with Gasteiger partial charge in [0.25, 0.3) is 0 Å². The maximum absolute atomic E-state index is 11.2. The Morgan fingerprint density at radius 1 is 1.58 bits per heavy atom. The summed E-state index contributed by atoms with van der Waals surface area (Å²) in [6.45, 7) is 2.22. The van der Waals surface area contributed by atoms with Crippen LogP contribution >= 0.6 is 15.9 Å². The molecule has 0 atom stereocenters. The van der Waals surface area contributed by atoms with E-state index < -0.39 is 5.97 Å². The Kier molecular flexibility index (Phi) is 3.81. The molecule has 0 radical (unpaired) electrons. The van der Waals surface area contributed by atoms with Crippen LogP contribution in [0.4, 0.5) is 0 Å². The fourth-order valence-electron chi connectivity index (χ4n) is 2.02. The third-order valence-corrected chi connectivity index (χ3v) is 3.86. The first-order chi connectivity index (χ1) is 8.97. The number of ether oxygens (including phenoxy) is 1. The minimum Gasteiger partial charge on any atom is -0.492 e. The van der Waals surface area contributed by atoms with Crippen LogP contribution in [0.15, 0.2) is 16.6 Å². The minimum absolute atomic E-state index is 0.0654. The fraction of sp³-hybridized carbons (Fsp3) is 0.429. The summed E-state index contributed by atoms with van der Waals surface area (Å²) in [4.78, 5) is 11.2. The van der Waals surface area contributed by atoms with Gasteiger partial charge in [0.1, 0.15) is 11.3 Å². The lowest BCUT2D eigenvalue weighted by atomic mass is 10.0. The van der Waals surface area contributed by atoms with Crippen molar-refractivity contribution in [2.45, 2.75) is 26.2 Å². The van der Waals surface area contributed by atoms with Crippen LogP contribution in [0.3, 0.4) is 0 Å². The Hall–Kier alpha value is -1.54. The topological polar surface area (TPSA) is 70.3 Å². The average Bonchev–Trinajstić information content (AvgIpc) is 3.07. The van der Waals surface area contributed by atoms with Crippen LogP contribution in [-0.2, 0) is 0 Å². The van der Waals surface area contributed by atoms with Crippen LogP contribution in [-0.4, -0.2) is 17.7 Å². The van der Waals surface area contributed by atoms with Gasteiger partial charge in [0.2, 0.25) is 0 Å². The summed E-state index contributed by atoms with van der Waals surface area (Å²) >= 11 is 3.28. The second-order valence-electron chi connectivity index (χ2n) is 5.03. The van der Waals surface area contributed by atoms with Crippen molar-refractivity contribution in [3.63, 3.8) is 0 Å². The molecule has 1 aliphatic carbocycles. The number of benzene rings is 1. The van der Waals surface area contributed by atoms with E-state index in [0.29, 0.717) is 23.2 Å². The summed E-state index contributed by atoms with van der Waals surface area (Å²) in [5.74, 6) is -0.607. The number of carbonyl (C=O) groups is 1. The van der Waals surface area contributed by atoms with Gasteiger partial charge in [-0.25, -0.2) is 4.79 Å². The lowest BCUT2D eigenvalue weighted by molar-refractivity contribution is 0.0690. The number of halogens is 1. The van der Waals surface area contributed by atoms with Crippen LogP contribution < -0.4 is 4.74 Å². The van der Waals surface area contributed by atoms with Crippen molar-refractivity contribution in [1.82, 2.24) is 0 Å². The van der Waals surface area contributed by atoms with Gasteiger partial charge in [-0.1, -0.05) is 15.9 Å². The Morgan fingerprint density at radius 3 is 2.79 bits per heavy atom. The highest BCUT2D eigenvalue weighted by atomic mass is 79.9. The summed E-state index contributed by atoms with van der Waals surface area (Å²) in [5.41, 5.74) is 0.864. The standard InChI is InChI=1S/C14H14BrNO3/c1-9-6-10(15)7-11(13(17)18)12(9)19-8-14(2-3-14)4-5-16/h6-7H,2-4,8H2,1H3,(H,17,18). The number of carboxylic acid groups (broad SMARTS) is 1. The van der Waals surface area contributed by atoms with Crippen molar-refractivity contribution in [2.75, 3.05) is 6.61 Å². The molecule has 1 fully saturated rings. The zero-order valence-corrected chi connectivity index (χ0v) is 12.2. The van der Waals surface area contributed by atoms with E-state index in [1.54, 1.807) is 0 Å². The Balaban J connectivity index is 2.20. The second-order valence-corrected chi connectivity index (χ2v) is 5.94. The van der Waals surface area contributed by atoms with Crippen LogP contribution in [0.2, 0.25) is 0 Å². The van der Waals surface area contributed by atoms with Gasteiger partial charge in [-0.05, 0) is 37.5 Å². The van der Waals surface area contributed by atoms with E-state index in [0.717, 1.165) is 18.4 Å². The number of hydrogen-bond donors (Lipinski definition) is 1. The zero-order valence-electron chi connectivity index (χ0n) is 10.6. The number of carboxylic acids is 1. The summed E-state index contributed by atoms with van der Waals surface area (Å²) < 4.78 is 6.43. The molecule has 0 aromatic heterocycles. The van der Waals surface area contributed by atoms with Crippen molar-refractivity contribution < 1.29 is 14.6 Å². The van der Waals surface area contributed by atoms with Crippen LogP contribution in [0, 0.1) is 23.7 Å². The smallest absolute Gasteiger partial charge is 0.339 e. The van der Waals surface area contributed by atoms with E-state index >= 15 is 0 Å². The minimum atomic E-state index is -1.01. The lowest BCUT2D eigenvalue weighted by Crippen LogP contribution is -2.15. The quantitative estimate of drug-likeness (QED) is 0.899. The summed E-state index contributed by atoms with van der Waals surface area (Å²) in [7, 11) is 0. The van der Waals surface area contributed by atoms with E-state index in [2.05, 4.69) is 22.0 Å². The van der Waals surface area contributed by atoms with Crippen molar-refractivity contribution in [1.29, 1.82) is 5.26 Å². The molecule has 19 heavy (non-hydrogen) atoms. The zero-order chi connectivity index (χ0) is 14.0. The predicted octanol–water partition coefficient (Wildman–Crippen LogP) is 3.53. The van der Waals surface area contributed by atoms with Gasteiger partial charge in [0, 0.05) is 16.3 Å². The third kappa shape index (κ3) is 3.07. The number of aryl methyl sites for hydroxylation is 1. The van der Waals surface area contributed by atoms with Gasteiger partial charge < -0.3 is 9.84 Å². The molecule has 1 saturated carbocycles. The van der Waals surface area contributed by atoms with E-state index in [-0.39, 0.29) is 11.0 Å². The molecule has 0 bridgehead atoms. The highest BCUT2D eigenvalue weighted by molar-refractivity contribution is 9.10. The van der Waals surface area contributed by atoms with Crippen molar-refractivity contribution in [3.05, 3.63) is 27.7 Å². The van der Waals surface area contributed by atoms with Crippen LogP contribution in [0.5, 0.6) is 5.75 Å². The molecule has 0 heterocycles. The van der Waals surface area contributed by atoms with Crippen LogP contribution in [0.1, 0.15) is 35.2 Å². The molecule has 4 nitrogen and oxygen atoms in total. The highest BCUT2D eigenvalue weighted by Crippen LogP contribution is 2.49. The number of rotatable bonds is 5. The maximum atomic E-state index is 11.2. The van der Waals surface area contributed by atoms with Gasteiger partial charge in [-0.2, -0.15) is 5.26 Å². The maximum Gasteiger partial charge on any atom is 0.339 e. The molecule has 1 aliphatic rings. The Labute approximate surface area is 120 Å². The number of nitriles is 1. The normalized spacial score (nSPS) is 15.6. The van der Waals surface area contributed by atoms with E-state index in [4.69, 9.17) is 10.00 Å². The van der Waals surface area contributed by atoms with Crippen molar-refractivity contribution in [3.8, 4) is 11.8 Å². The fourth-order valence-corrected chi connectivity index (χ4v) is 2.59. The van der Waals surface area contributed by atoms with Gasteiger partial charge in [-0.3, -0.25) is 0 Å². The molecule has 0 unspecified atom stereocenters. The van der Waals surface area contributed by atoms with Gasteiger partial charge in [0.05, 0.1) is 12.7 Å². The molecular weight excluding hydrogens is 310 g/mol. The van der Waals surface area contributed by atoms with Gasteiger partial charge >= 0.3 is 5.97 Å². The van der Waals surface area contributed by atoms with Crippen LogP contribution in [0.25, 0.3) is 0 Å². The first-order valence-electron chi connectivity index (χ1n) is 6.01. The predicted molar refractivity (Wildman–Crippen MR) is 73.2 cm³/mol. The van der Waals surface area contributed by atoms with Gasteiger partial charge in [0.15, 0.2) is 0 Å². The Morgan fingerprint density at radius 2 is 2.26 bits per heavy atom. The SMILES string of the molecule is Cc1cc(Br)cc(C(=O)O)c1OCC1(CC#N)CC1. The van der Waals surface area contributed by atoms with E-state index in [9.17, 15) is 9.90 Å². The number of nitrogens with zero attached hydrogens (tertiary/aromatic N) is 1. The first-order valence-corrected chi connectivity index (χ1v) is 6.80. The second kappa shape index (κ2) is 5.22. The molecule has 0 saturated heterocycles. The number of hydrogen-bond acceptors (Lipinski definition) is 3. The van der Waals surface area contributed by atoms with E-state index in [1.807, 2.05) is 13.0 Å². The van der Waals surface area contributed by atoms with Gasteiger partial charge in [-0.15, -0.1) is 0 Å². The highest BCUT2D eigenvalue weighted by Gasteiger charge is 2.43. The molecule has 2 rings (SSSR count). The third-order valence-electron chi connectivity index (χ3n) is 3.40. The Bertz CT molecular complexity index is 559. The molecule has 0 spiro atoms. The van der Waals surface area contributed by atoms with E-state index in [1.165, 1.54) is 6.07 Å². The molecule has 1 N–H and O–H groups in total. The number of aromatic carboxylic acids is 1.